The number of hydrogen-bond donors (Lipinski definition) is 2. The fourth-order valence-electron chi connectivity index (χ4n) is 3.19. The summed E-state index contributed by atoms with van der Waals surface area (Å²) in [6, 6.07) is 17.4. The molecule has 7 nitrogen and oxygen atoms in total. The number of carbonyl (C=O) groups is 1. The summed E-state index contributed by atoms with van der Waals surface area (Å²) < 4.78 is 7.06. The molecule has 0 aliphatic carbocycles. The van der Waals surface area contributed by atoms with E-state index in [0.717, 1.165) is 16.8 Å². The highest BCUT2D eigenvalue weighted by atomic mass is 16.5. The molecule has 3 aromatic rings. The highest BCUT2D eigenvalue weighted by molar-refractivity contribution is 6.01. The van der Waals surface area contributed by atoms with Gasteiger partial charge in [0.1, 0.15) is 11.8 Å². The molecule has 1 amide bonds. The van der Waals surface area contributed by atoms with Crippen molar-refractivity contribution in [2.24, 2.45) is 0 Å². The number of para-hydroxylation sites is 1. The second kappa shape index (κ2) is 8.02. The first-order valence-electron chi connectivity index (χ1n) is 9.23. The van der Waals surface area contributed by atoms with Crippen LogP contribution >= 0.6 is 0 Å². The molecule has 2 aromatic carbocycles. The molecular formula is C22H21N5O2. The first kappa shape index (κ1) is 18.5. The molecule has 146 valence electrons. The van der Waals surface area contributed by atoms with Gasteiger partial charge in [-0.25, -0.2) is 4.68 Å². The minimum Gasteiger partial charge on any atom is -0.496 e. The predicted molar refractivity (Wildman–Crippen MR) is 113 cm³/mol. The van der Waals surface area contributed by atoms with E-state index >= 15 is 0 Å². The molecular weight excluding hydrogens is 366 g/mol. The molecule has 29 heavy (non-hydrogen) atoms. The van der Waals surface area contributed by atoms with Crippen molar-refractivity contribution in [1.29, 1.82) is 0 Å². The van der Waals surface area contributed by atoms with Crippen LogP contribution in [0.5, 0.6) is 5.75 Å². The predicted octanol–water partition coefficient (Wildman–Crippen LogP) is 3.86. The number of carbonyl (C=O) groups excluding carboxylic acids is 1. The number of aromatic nitrogens is 3. The summed E-state index contributed by atoms with van der Waals surface area (Å²) in [5, 5.41) is 10.4. The van der Waals surface area contributed by atoms with Gasteiger partial charge in [0.15, 0.2) is 0 Å². The van der Waals surface area contributed by atoms with Gasteiger partial charge in [-0.2, -0.15) is 4.98 Å². The van der Waals surface area contributed by atoms with Gasteiger partial charge in [0, 0.05) is 17.3 Å². The van der Waals surface area contributed by atoms with Crippen LogP contribution in [0.4, 0.5) is 11.9 Å². The number of anilines is 2. The molecule has 1 aromatic heterocycles. The molecule has 7 heteroatoms. The van der Waals surface area contributed by atoms with Crippen LogP contribution in [-0.4, -0.2) is 27.8 Å². The number of benzene rings is 2. The third-order valence-corrected chi connectivity index (χ3v) is 4.54. The second-order valence-electron chi connectivity index (χ2n) is 6.60. The van der Waals surface area contributed by atoms with Gasteiger partial charge in [0.25, 0.3) is 11.9 Å². The lowest BCUT2D eigenvalue weighted by atomic mass is 10.1. The number of fused-ring (bicyclic) bond motifs is 1. The zero-order valence-electron chi connectivity index (χ0n) is 16.2. The molecule has 0 radical (unpaired) electrons. The van der Waals surface area contributed by atoms with Gasteiger partial charge in [-0.1, -0.05) is 48.5 Å². The molecule has 4 rings (SSSR count). The standard InChI is InChI=1S/C22H21N5O2/c1-15-14-18(16-8-4-3-5-9-16)27-22(23-15)25-21(26-27)24-20(28)13-12-17-10-6-7-11-19(17)29-2/h3-14,18H,1-2H3,(H2,23,24,25,26,28)/b13-12+/t18-/m0/s1. The average Bonchev–Trinajstić information content (AvgIpc) is 3.14. The third kappa shape index (κ3) is 4.03. The molecule has 0 saturated carbocycles. The topological polar surface area (TPSA) is 81.1 Å². The molecule has 2 heterocycles. The molecule has 0 fully saturated rings. The van der Waals surface area contributed by atoms with Crippen molar-refractivity contribution in [3.05, 3.63) is 83.6 Å². The molecule has 1 aliphatic heterocycles. The van der Waals surface area contributed by atoms with Crippen molar-refractivity contribution in [3.63, 3.8) is 0 Å². The first-order chi connectivity index (χ1) is 14.1. The Morgan fingerprint density at radius 3 is 2.72 bits per heavy atom. The number of amides is 1. The Bertz CT molecular complexity index is 1090. The van der Waals surface area contributed by atoms with Gasteiger partial charge in [-0.15, -0.1) is 5.10 Å². The van der Waals surface area contributed by atoms with Crippen molar-refractivity contribution >= 4 is 23.9 Å². The number of methoxy groups -OCH3 is 1. The van der Waals surface area contributed by atoms with E-state index in [1.807, 2.05) is 61.5 Å². The van der Waals surface area contributed by atoms with Crippen LogP contribution in [0.25, 0.3) is 6.08 Å². The summed E-state index contributed by atoms with van der Waals surface area (Å²) in [4.78, 5) is 16.8. The van der Waals surface area contributed by atoms with Gasteiger partial charge >= 0.3 is 0 Å². The van der Waals surface area contributed by atoms with Gasteiger partial charge in [0.2, 0.25) is 5.95 Å². The van der Waals surface area contributed by atoms with Crippen molar-refractivity contribution in [1.82, 2.24) is 14.8 Å². The van der Waals surface area contributed by atoms with Crippen molar-refractivity contribution in [2.75, 3.05) is 17.7 Å². The largest absolute Gasteiger partial charge is 0.496 e. The van der Waals surface area contributed by atoms with E-state index in [2.05, 4.69) is 26.8 Å². The summed E-state index contributed by atoms with van der Waals surface area (Å²) >= 11 is 0. The zero-order valence-corrected chi connectivity index (χ0v) is 16.2. The van der Waals surface area contributed by atoms with E-state index in [-0.39, 0.29) is 17.9 Å². The Morgan fingerprint density at radius 2 is 1.93 bits per heavy atom. The molecule has 0 bridgehead atoms. The zero-order chi connectivity index (χ0) is 20.2. The monoisotopic (exact) mass is 387 g/mol. The van der Waals surface area contributed by atoms with E-state index in [4.69, 9.17) is 4.74 Å². The average molecular weight is 387 g/mol. The molecule has 0 unspecified atom stereocenters. The molecule has 1 atom stereocenters. The summed E-state index contributed by atoms with van der Waals surface area (Å²) in [7, 11) is 1.60. The molecule has 0 saturated heterocycles. The Kier molecular flexibility index (Phi) is 5.11. The highest BCUT2D eigenvalue weighted by Gasteiger charge is 2.23. The van der Waals surface area contributed by atoms with Crippen LogP contribution < -0.4 is 15.4 Å². The van der Waals surface area contributed by atoms with Crippen LogP contribution in [0.15, 0.2) is 72.4 Å². The number of allylic oxidation sites excluding steroid dienone is 2. The Labute approximate surface area is 168 Å². The van der Waals surface area contributed by atoms with E-state index < -0.39 is 0 Å². The van der Waals surface area contributed by atoms with Crippen LogP contribution in [0.3, 0.4) is 0 Å². The Balaban J connectivity index is 1.53. The maximum Gasteiger partial charge on any atom is 0.250 e. The quantitative estimate of drug-likeness (QED) is 0.650. The molecule has 0 spiro atoms. The third-order valence-electron chi connectivity index (χ3n) is 4.54. The Morgan fingerprint density at radius 1 is 1.17 bits per heavy atom. The highest BCUT2D eigenvalue weighted by Crippen LogP contribution is 2.29. The smallest absolute Gasteiger partial charge is 0.250 e. The van der Waals surface area contributed by atoms with Crippen LogP contribution in [0.2, 0.25) is 0 Å². The SMILES string of the molecule is COc1ccccc1/C=C/C(=O)Nc1nc2n(n1)[C@H](c1ccccc1)C=C(C)N2. The summed E-state index contributed by atoms with van der Waals surface area (Å²) in [5.74, 6) is 1.21. The minimum atomic E-state index is -0.320. The van der Waals surface area contributed by atoms with E-state index in [1.165, 1.54) is 6.08 Å². The number of rotatable bonds is 5. The number of nitrogens with one attached hydrogen (secondary N) is 2. The second-order valence-corrected chi connectivity index (χ2v) is 6.60. The van der Waals surface area contributed by atoms with Crippen LogP contribution in [-0.2, 0) is 4.79 Å². The first-order valence-corrected chi connectivity index (χ1v) is 9.23. The molecule has 2 N–H and O–H groups in total. The van der Waals surface area contributed by atoms with Crippen molar-refractivity contribution < 1.29 is 9.53 Å². The normalized spacial score (nSPS) is 15.4. The van der Waals surface area contributed by atoms with Crippen molar-refractivity contribution in [3.8, 4) is 5.75 Å². The Hall–Kier alpha value is -3.87. The van der Waals surface area contributed by atoms with Gasteiger partial charge < -0.3 is 10.1 Å². The number of hydrogen-bond acceptors (Lipinski definition) is 5. The molecule has 1 aliphatic rings. The van der Waals surface area contributed by atoms with E-state index in [9.17, 15) is 4.79 Å². The lowest BCUT2D eigenvalue weighted by Gasteiger charge is -2.22. The summed E-state index contributed by atoms with van der Waals surface area (Å²) in [6.45, 7) is 1.97. The summed E-state index contributed by atoms with van der Waals surface area (Å²) in [6.07, 6.45) is 5.20. The van der Waals surface area contributed by atoms with Crippen molar-refractivity contribution in [2.45, 2.75) is 13.0 Å². The van der Waals surface area contributed by atoms with E-state index in [0.29, 0.717) is 11.7 Å². The van der Waals surface area contributed by atoms with Gasteiger partial charge in [-0.3, -0.25) is 10.1 Å². The van der Waals surface area contributed by atoms with Gasteiger partial charge in [0.05, 0.1) is 7.11 Å². The lowest BCUT2D eigenvalue weighted by molar-refractivity contribution is -0.111. The fourth-order valence-corrected chi connectivity index (χ4v) is 3.19. The minimum absolute atomic E-state index is 0.0882. The lowest BCUT2D eigenvalue weighted by Crippen LogP contribution is -2.19. The maximum absolute atomic E-state index is 12.4. The summed E-state index contributed by atoms with van der Waals surface area (Å²) in [5.41, 5.74) is 2.88. The van der Waals surface area contributed by atoms with Crippen LogP contribution in [0.1, 0.15) is 24.1 Å². The maximum atomic E-state index is 12.4. The number of ether oxygens (including phenoxy) is 1. The van der Waals surface area contributed by atoms with Crippen LogP contribution in [0, 0.1) is 0 Å². The number of nitrogens with zero attached hydrogens (tertiary/aromatic N) is 3. The van der Waals surface area contributed by atoms with E-state index in [1.54, 1.807) is 17.9 Å². The fraction of sp³-hybridized carbons (Fsp3) is 0.136. The van der Waals surface area contributed by atoms with Gasteiger partial charge in [-0.05, 0) is 30.7 Å².